The van der Waals surface area contributed by atoms with Crippen molar-refractivity contribution in [2.24, 2.45) is 0 Å². The van der Waals surface area contributed by atoms with Crippen LogP contribution in [-0.2, 0) is 0 Å². The van der Waals surface area contributed by atoms with E-state index >= 15 is 0 Å². The number of ether oxygens (including phenoxy) is 2. The van der Waals surface area contributed by atoms with Crippen LogP contribution in [0.4, 0.5) is 10.6 Å². The summed E-state index contributed by atoms with van der Waals surface area (Å²) in [4.78, 5) is 24.5. The minimum absolute atomic E-state index is 0.0103. The predicted octanol–water partition coefficient (Wildman–Crippen LogP) is 5.65. The van der Waals surface area contributed by atoms with Crippen molar-refractivity contribution in [3.63, 3.8) is 0 Å². The zero-order valence-electron chi connectivity index (χ0n) is 23.4. The van der Waals surface area contributed by atoms with Gasteiger partial charge in [0.25, 0.3) is 0 Å². The Bertz CT molecular complexity index is 1530. The Morgan fingerprint density at radius 2 is 1.76 bits per heavy atom. The van der Waals surface area contributed by atoms with Gasteiger partial charge in [0.05, 0.1) is 12.5 Å². The number of nitrogens with zero attached hydrogens (tertiary/aromatic N) is 5. The largest absolute Gasteiger partial charge is 0.493 e. The molecule has 3 heterocycles. The topological polar surface area (TPSA) is 119 Å². The molecule has 214 valence electrons. The number of nitrogens with two attached hydrogens (primary N) is 1. The molecule has 1 atom stereocenters. The number of carboxylic acid groups (broad SMARTS) is 1. The molecule has 0 bridgehead atoms. The molecule has 1 aliphatic carbocycles. The lowest BCUT2D eigenvalue weighted by atomic mass is 9.89. The summed E-state index contributed by atoms with van der Waals surface area (Å²) < 4.78 is 14.0. The molecular formula is C31H36N6O4. The van der Waals surface area contributed by atoms with Crippen molar-refractivity contribution in [3.05, 3.63) is 61.1 Å². The number of nitrogen functional groups attached to an aromatic ring is 1. The van der Waals surface area contributed by atoms with Crippen LogP contribution in [0.5, 0.6) is 17.2 Å². The Hall–Kier alpha value is -4.31. The summed E-state index contributed by atoms with van der Waals surface area (Å²) in [7, 11) is 1.64. The van der Waals surface area contributed by atoms with Gasteiger partial charge >= 0.3 is 6.09 Å². The van der Waals surface area contributed by atoms with Crippen LogP contribution >= 0.6 is 0 Å². The minimum atomic E-state index is -0.826. The van der Waals surface area contributed by atoms with Crippen LogP contribution in [0.1, 0.15) is 38.6 Å². The first-order valence-electron chi connectivity index (χ1n) is 14.2. The summed E-state index contributed by atoms with van der Waals surface area (Å²) >= 11 is 0. The molecule has 2 aromatic heterocycles. The molecule has 3 N–H and O–H groups in total. The summed E-state index contributed by atoms with van der Waals surface area (Å²) in [6, 6.07) is 16.3. The van der Waals surface area contributed by atoms with E-state index in [0.717, 1.165) is 66.7 Å². The van der Waals surface area contributed by atoms with E-state index in [0.29, 0.717) is 29.9 Å². The molecule has 0 spiro atoms. The molecule has 2 fully saturated rings. The van der Waals surface area contributed by atoms with E-state index in [-0.39, 0.29) is 12.1 Å². The van der Waals surface area contributed by atoms with Gasteiger partial charge in [0.1, 0.15) is 23.5 Å². The summed E-state index contributed by atoms with van der Waals surface area (Å²) in [6.07, 6.45) is 6.99. The highest BCUT2D eigenvalue weighted by atomic mass is 16.5. The van der Waals surface area contributed by atoms with Crippen molar-refractivity contribution in [2.45, 2.75) is 50.7 Å². The van der Waals surface area contributed by atoms with E-state index < -0.39 is 6.09 Å². The maximum absolute atomic E-state index is 11.5. The molecule has 10 nitrogen and oxygen atoms in total. The van der Waals surface area contributed by atoms with E-state index in [1.54, 1.807) is 12.0 Å². The summed E-state index contributed by atoms with van der Waals surface area (Å²) in [5, 5.41) is 10.3. The van der Waals surface area contributed by atoms with Gasteiger partial charge in [-0.1, -0.05) is 24.3 Å². The number of carbonyl (C=O) groups is 1. The number of para-hydroxylation sites is 1. The highest BCUT2D eigenvalue weighted by molar-refractivity contribution is 6.01. The second-order valence-electron chi connectivity index (χ2n) is 11.0. The van der Waals surface area contributed by atoms with Gasteiger partial charge in [-0.15, -0.1) is 0 Å². The maximum atomic E-state index is 11.5. The Kier molecular flexibility index (Phi) is 7.40. The average Bonchev–Trinajstić information content (AvgIpc) is 3.39. The van der Waals surface area contributed by atoms with Crippen LogP contribution in [0, 0.1) is 0 Å². The number of hydrogen-bond acceptors (Lipinski definition) is 7. The lowest BCUT2D eigenvalue weighted by Gasteiger charge is -2.44. The number of methoxy groups -OCH3 is 1. The molecule has 1 aliphatic heterocycles. The number of amides is 1. The van der Waals surface area contributed by atoms with Crippen molar-refractivity contribution < 1.29 is 19.4 Å². The first-order valence-corrected chi connectivity index (χ1v) is 14.2. The smallest absolute Gasteiger partial charge is 0.407 e. The van der Waals surface area contributed by atoms with Crippen molar-refractivity contribution in [1.82, 2.24) is 24.3 Å². The summed E-state index contributed by atoms with van der Waals surface area (Å²) in [6.45, 7) is 4.14. The van der Waals surface area contributed by atoms with Crippen molar-refractivity contribution in [3.8, 4) is 28.4 Å². The molecular weight excluding hydrogens is 520 g/mol. The van der Waals surface area contributed by atoms with Crippen molar-refractivity contribution in [1.29, 1.82) is 0 Å². The maximum Gasteiger partial charge on any atom is 0.407 e. The van der Waals surface area contributed by atoms with Gasteiger partial charge in [0, 0.05) is 49.5 Å². The molecule has 2 aliphatic rings. The second kappa shape index (κ2) is 11.3. The Morgan fingerprint density at radius 3 is 2.46 bits per heavy atom. The molecule has 1 unspecified atom stereocenters. The van der Waals surface area contributed by atoms with Crippen molar-refractivity contribution in [2.75, 3.05) is 32.5 Å². The molecule has 1 amide bonds. The Morgan fingerprint density at radius 1 is 1.00 bits per heavy atom. The van der Waals surface area contributed by atoms with E-state index in [9.17, 15) is 9.90 Å². The number of piperazine rings is 1. The van der Waals surface area contributed by atoms with Crippen molar-refractivity contribution >= 4 is 22.9 Å². The van der Waals surface area contributed by atoms with Crippen LogP contribution in [0.3, 0.4) is 0 Å². The lowest BCUT2D eigenvalue weighted by molar-refractivity contribution is 0.0402. The molecule has 41 heavy (non-hydrogen) atoms. The fourth-order valence-electron chi connectivity index (χ4n) is 6.44. The van der Waals surface area contributed by atoms with Gasteiger partial charge in [-0.2, -0.15) is 0 Å². The zero-order chi connectivity index (χ0) is 28.5. The molecule has 6 rings (SSSR count). The normalized spacial score (nSPS) is 21.6. The Balaban J connectivity index is 1.24. The number of hydrogen-bond donors (Lipinski definition) is 2. The van der Waals surface area contributed by atoms with Crippen LogP contribution in [0.25, 0.3) is 22.2 Å². The van der Waals surface area contributed by atoms with Gasteiger partial charge in [-0.3, -0.25) is 4.90 Å². The second-order valence-corrected chi connectivity index (χ2v) is 11.0. The number of aromatic nitrogens is 3. The van der Waals surface area contributed by atoms with Gasteiger partial charge in [0.15, 0.2) is 11.5 Å². The summed E-state index contributed by atoms with van der Waals surface area (Å²) in [5.74, 6) is 2.44. The highest BCUT2D eigenvalue weighted by Crippen LogP contribution is 2.42. The molecule has 1 saturated heterocycles. The minimum Gasteiger partial charge on any atom is -0.493 e. The van der Waals surface area contributed by atoms with Crippen LogP contribution < -0.4 is 15.2 Å². The Labute approximate surface area is 239 Å². The quantitative estimate of drug-likeness (QED) is 0.313. The van der Waals surface area contributed by atoms with E-state index in [2.05, 4.69) is 25.6 Å². The number of fused-ring (bicyclic) bond motifs is 1. The average molecular weight is 557 g/mol. The third kappa shape index (κ3) is 5.27. The number of anilines is 1. The van der Waals surface area contributed by atoms with Gasteiger partial charge in [0.2, 0.25) is 0 Å². The molecule has 2 aromatic carbocycles. The third-order valence-corrected chi connectivity index (χ3v) is 8.56. The lowest BCUT2D eigenvalue weighted by Crippen LogP contribution is -2.56. The van der Waals surface area contributed by atoms with Crippen LogP contribution in [0.15, 0.2) is 61.1 Å². The first kappa shape index (κ1) is 26.9. The summed E-state index contributed by atoms with van der Waals surface area (Å²) in [5.41, 5.74) is 9.18. The first-order chi connectivity index (χ1) is 19.9. The van der Waals surface area contributed by atoms with E-state index in [1.165, 1.54) is 6.33 Å². The SMILES string of the molecule is COc1cc(-c2cn(C3CCC(N4CCN(C(=O)O)C(C)C4)CC3)c3ncnc(N)c23)ccc1Oc1ccccc1. The molecule has 4 aromatic rings. The monoisotopic (exact) mass is 556 g/mol. The van der Waals surface area contributed by atoms with E-state index in [4.69, 9.17) is 15.2 Å². The molecule has 0 radical (unpaired) electrons. The third-order valence-electron chi connectivity index (χ3n) is 8.56. The highest BCUT2D eigenvalue weighted by Gasteiger charge is 2.34. The number of benzene rings is 2. The van der Waals surface area contributed by atoms with Gasteiger partial charge < -0.3 is 29.8 Å². The van der Waals surface area contributed by atoms with Crippen LogP contribution in [-0.4, -0.2) is 74.4 Å². The van der Waals surface area contributed by atoms with E-state index in [1.807, 2.05) is 55.5 Å². The molecule has 10 heteroatoms. The number of rotatable bonds is 6. The molecule has 1 saturated carbocycles. The fourth-order valence-corrected chi connectivity index (χ4v) is 6.44. The predicted molar refractivity (Wildman–Crippen MR) is 158 cm³/mol. The zero-order valence-corrected chi connectivity index (χ0v) is 23.4. The van der Waals surface area contributed by atoms with Gasteiger partial charge in [-0.25, -0.2) is 14.8 Å². The fraction of sp³-hybridized carbons (Fsp3) is 0.387. The van der Waals surface area contributed by atoms with Gasteiger partial charge in [-0.05, 0) is 62.4 Å². The standard InChI is InChI=1S/C31H36N6O4/c1-20-17-35(14-15-36(20)31(38)39)22-9-11-23(12-10-22)37-18-25(28-29(32)33-19-34-30(28)37)21-8-13-26(27(16-21)40-2)41-24-6-4-3-5-7-24/h3-8,13,16,18-20,22-23H,9-12,14-15,17H2,1-2H3,(H,38,39)(H2,32,33,34). The van der Waals surface area contributed by atoms with Crippen LogP contribution in [0.2, 0.25) is 0 Å².